The molecule has 1 aliphatic rings. The van der Waals surface area contributed by atoms with Crippen molar-refractivity contribution in [2.45, 2.75) is 32.3 Å². The van der Waals surface area contributed by atoms with Crippen molar-refractivity contribution in [1.82, 2.24) is 4.98 Å². The van der Waals surface area contributed by atoms with Gasteiger partial charge in [-0.25, -0.2) is 0 Å². The molecule has 0 spiro atoms. The number of hydrogen-bond donors (Lipinski definition) is 1. The van der Waals surface area contributed by atoms with Crippen LogP contribution in [-0.4, -0.2) is 22.6 Å². The zero-order chi connectivity index (χ0) is 12.3. The van der Waals surface area contributed by atoms with Gasteiger partial charge in [-0.05, 0) is 32.3 Å². The van der Waals surface area contributed by atoms with Crippen molar-refractivity contribution in [2.75, 3.05) is 11.9 Å². The number of nitrogens with one attached hydrogen (secondary N) is 1. The molecule has 1 fully saturated rings. The van der Waals surface area contributed by atoms with E-state index in [2.05, 4.69) is 10.3 Å². The second-order valence-corrected chi connectivity index (χ2v) is 3.98. The van der Waals surface area contributed by atoms with Gasteiger partial charge in [-0.1, -0.05) is 0 Å². The summed E-state index contributed by atoms with van der Waals surface area (Å²) in [6.45, 7) is 2.66. The average Bonchev–Trinajstić information content (AvgIpc) is 2.24. The van der Waals surface area contributed by atoms with Gasteiger partial charge >= 0.3 is 5.69 Å². The molecule has 1 aromatic heterocycles. The summed E-state index contributed by atoms with van der Waals surface area (Å²) in [4.78, 5) is 14.5. The lowest BCUT2D eigenvalue weighted by Crippen LogP contribution is -2.25. The number of anilines is 1. The molecule has 0 aliphatic heterocycles. The van der Waals surface area contributed by atoms with Crippen molar-refractivity contribution in [3.63, 3.8) is 0 Å². The van der Waals surface area contributed by atoms with Crippen LogP contribution in [0.5, 0.6) is 5.88 Å². The lowest BCUT2D eigenvalue weighted by Gasteiger charge is -2.25. The van der Waals surface area contributed by atoms with Crippen LogP contribution in [0, 0.1) is 10.1 Å². The molecule has 17 heavy (non-hydrogen) atoms. The van der Waals surface area contributed by atoms with E-state index < -0.39 is 4.92 Å². The topological polar surface area (TPSA) is 77.3 Å². The monoisotopic (exact) mass is 237 g/mol. The highest BCUT2D eigenvalue weighted by molar-refractivity contribution is 5.49. The Bertz CT molecular complexity index is 418. The number of hydrogen-bond acceptors (Lipinski definition) is 5. The minimum Gasteiger partial charge on any atom is -0.469 e. The molecule has 0 amide bonds. The molecule has 0 aromatic carbocycles. The lowest BCUT2D eigenvalue weighted by atomic mass is 9.96. The van der Waals surface area contributed by atoms with Crippen molar-refractivity contribution < 1.29 is 9.66 Å². The summed E-state index contributed by atoms with van der Waals surface area (Å²) in [5.41, 5.74) is -0.0708. The van der Waals surface area contributed by atoms with Gasteiger partial charge in [0.15, 0.2) is 0 Å². The molecule has 0 atom stereocenters. The van der Waals surface area contributed by atoms with E-state index in [9.17, 15) is 10.1 Å². The van der Waals surface area contributed by atoms with Crippen LogP contribution in [0.1, 0.15) is 26.2 Å². The molecule has 92 valence electrons. The van der Waals surface area contributed by atoms with Crippen LogP contribution in [-0.2, 0) is 0 Å². The van der Waals surface area contributed by atoms with Crippen LogP contribution in [0.2, 0.25) is 0 Å². The van der Waals surface area contributed by atoms with Crippen molar-refractivity contribution in [2.24, 2.45) is 0 Å². The Morgan fingerprint density at radius 3 is 2.88 bits per heavy atom. The first-order valence-electron chi connectivity index (χ1n) is 5.76. The van der Waals surface area contributed by atoms with Gasteiger partial charge in [-0.3, -0.25) is 10.1 Å². The van der Waals surface area contributed by atoms with E-state index in [1.165, 1.54) is 6.07 Å². The average molecular weight is 237 g/mol. The number of nitrogens with zero attached hydrogens (tertiary/aromatic N) is 2. The van der Waals surface area contributed by atoms with Crippen LogP contribution < -0.4 is 10.1 Å². The second kappa shape index (κ2) is 4.99. The van der Waals surface area contributed by atoms with Crippen LogP contribution in [0.15, 0.2) is 12.1 Å². The van der Waals surface area contributed by atoms with Crippen LogP contribution in [0.25, 0.3) is 0 Å². The molecular weight excluding hydrogens is 222 g/mol. The third-order valence-electron chi connectivity index (χ3n) is 2.73. The fourth-order valence-electron chi connectivity index (χ4n) is 1.58. The SMILES string of the molecule is CCNc1ccc([N+](=O)[O-])c(OC2CCC2)n1. The molecule has 1 aromatic rings. The Kier molecular flexibility index (Phi) is 3.41. The van der Waals surface area contributed by atoms with E-state index >= 15 is 0 Å². The van der Waals surface area contributed by atoms with Crippen LogP contribution in [0.3, 0.4) is 0 Å². The van der Waals surface area contributed by atoms with E-state index in [1.807, 2.05) is 6.92 Å². The van der Waals surface area contributed by atoms with Crippen molar-refractivity contribution in [3.05, 3.63) is 22.2 Å². The third kappa shape index (κ3) is 2.64. The first-order valence-corrected chi connectivity index (χ1v) is 5.76. The molecule has 1 saturated carbocycles. The van der Waals surface area contributed by atoms with E-state index in [0.717, 1.165) is 19.3 Å². The second-order valence-electron chi connectivity index (χ2n) is 3.98. The smallest absolute Gasteiger partial charge is 0.331 e. The zero-order valence-corrected chi connectivity index (χ0v) is 9.68. The Morgan fingerprint density at radius 1 is 1.59 bits per heavy atom. The number of nitro groups is 1. The Balaban J connectivity index is 2.22. The first-order chi connectivity index (χ1) is 8.20. The lowest BCUT2D eigenvalue weighted by molar-refractivity contribution is -0.386. The highest BCUT2D eigenvalue weighted by Crippen LogP contribution is 2.31. The van der Waals surface area contributed by atoms with Gasteiger partial charge in [-0.2, -0.15) is 4.98 Å². The van der Waals surface area contributed by atoms with Crippen molar-refractivity contribution in [1.29, 1.82) is 0 Å². The molecule has 1 heterocycles. The number of pyridine rings is 1. The molecule has 0 saturated heterocycles. The quantitative estimate of drug-likeness (QED) is 0.628. The standard InChI is InChI=1S/C11H15N3O3/c1-2-12-10-7-6-9(14(15)16)11(13-10)17-8-4-3-5-8/h6-8H,2-5H2,1H3,(H,12,13). The fourth-order valence-corrected chi connectivity index (χ4v) is 1.58. The summed E-state index contributed by atoms with van der Waals surface area (Å²) in [5, 5.41) is 13.9. The molecule has 6 nitrogen and oxygen atoms in total. The third-order valence-corrected chi connectivity index (χ3v) is 2.73. The summed E-state index contributed by atoms with van der Waals surface area (Å²) < 4.78 is 5.54. The number of ether oxygens (including phenoxy) is 1. The van der Waals surface area contributed by atoms with Crippen molar-refractivity contribution in [3.8, 4) is 5.88 Å². The van der Waals surface area contributed by atoms with Gasteiger partial charge in [0.2, 0.25) is 0 Å². The molecule has 2 rings (SSSR count). The van der Waals surface area contributed by atoms with Gasteiger partial charge < -0.3 is 10.1 Å². The first kappa shape index (κ1) is 11.6. The van der Waals surface area contributed by atoms with Crippen molar-refractivity contribution >= 4 is 11.5 Å². The van der Waals surface area contributed by atoms with Crippen LogP contribution >= 0.6 is 0 Å². The molecule has 1 N–H and O–H groups in total. The summed E-state index contributed by atoms with van der Waals surface area (Å²) in [6, 6.07) is 3.02. The minimum absolute atomic E-state index is 0.0708. The van der Waals surface area contributed by atoms with E-state index in [1.54, 1.807) is 6.07 Å². The highest BCUT2D eigenvalue weighted by Gasteiger charge is 2.25. The Hall–Kier alpha value is -1.85. The maximum absolute atomic E-state index is 10.8. The minimum atomic E-state index is -0.462. The summed E-state index contributed by atoms with van der Waals surface area (Å²) in [6.07, 6.45) is 3.10. The molecule has 0 radical (unpaired) electrons. The Labute approximate surface area is 99.2 Å². The van der Waals surface area contributed by atoms with Gasteiger partial charge in [0, 0.05) is 12.6 Å². The summed E-state index contributed by atoms with van der Waals surface area (Å²) >= 11 is 0. The van der Waals surface area contributed by atoms with E-state index in [-0.39, 0.29) is 17.7 Å². The molecule has 1 aliphatic carbocycles. The normalized spacial score (nSPS) is 15.1. The maximum atomic E-state index is 10.8. The summed E-state index contributed by atoms with van der Waals surface area (Å²) in [7, 11) is 0. The number of rotatable bonds is 5. The van der Waals surface area contributed by atoms with E-state index in [4.69, 9.17) is 4.74 Å². The van der Waals surface area contributed by atoms with Gasteiger partial charge in [0.25, 0.3) is 5.88 Å². The summed E-state index contributed by atoms with van der Waals surface area (Å²) in [5.74, 6) is 0.727. The molecule has 0 unspecified atom stereocenters. The molecular formula is C11H15N3O3. The van der Waals surface area contributed by atoms with Gasteiger partial charge in [0.1, 0.15) is 11.9 Å². The fraction of sp³-hybridized carbons (Fsp3) is 0.545. The largest absolute Gasteiger partial charge is 0.469 e. The predicted octanol–water partition coefficient (Wildman–Crippen LogP) is 2.35. The van der Waals surface area contributed by atoms with E-state index in [0.29, 0.717) is 12.4 Å². The van der Waals surface area contributed by atoms with Gasteiger partial charge in [0.05, 0.1) is 4.92 Å². The zero-order valence-electron chi connectivity index (χ0n) is 9.68. The van der Waals surface area contributed by atoms with Gasteiger partial charge in [-0.15, -0.1) is 0 Å². The Morgan fingerprint density at radius 2 is 2.35 bits per heavy atom. The molecule has 0 bridgehead atoms. The molecule has 6 heteroatoms. The maximum Gasteiger partial charge on any atom is 0.331 e. The highest BCUT2D eigenvalue weighted by atomic mass is 16.6. The predicted molar refractivity (Wildman–Crippen MR) is 63.3 cm³/mol. The van der Waals surface area contributed by atoms with Crippen LogP contribution in [0.4, 0.5) is 11.5 Å². The number of aromatic nitrogens is 1.